The minimum absolute atomic E-state index is 0.0890. The third-order valence-electron chi connectivity index (χ3n) is 7.47. The average Bonchev–Trinajstić information content (AvgIpc) is 3.30. The smallest absolute Gasteiger partial charge is 0.244 e. The molecule has 1 N–H and O–H groups in total. The Hall–Kier alpha value is -1.06. The van der Waals surface area contributed by atoms with Gasteiger partial charge in [0.1, 0.15) is 11.0 Å². The van der Waals surface area contributed by atoms with Crippen molar-refractivity contribution in [1.29, 1.82) is 0 Å². The first-order valence-corrected chi connectivity index (χ1v) is 13.5. The van der Waals surface area contributed by atoms with Gasteiger partial charge in [-0.3, -0.25) is 10.1 Å². The number of amides is 1. The van der Waals surface area contributed by atoms with E-state index in [1.807, 2.05) is 6.92 Å². The molecular weight excluding hydrogens is 408 g/mol. The van der Waals surface area contributed by atoms with E-state index in [0.717, 1.165) is 29.2 Å². The number of hydrogen-bond donors (Lipinski definition) is 1. The van der Waals surface area contributed by atoms with Crippen molar-refractivity contribution in [3.8, 4) is 0 Å². The van der Waals surface area contributed by atoms with Gasteiger partial charge >= 0.3 is 0 Å². The van der Waals surface area contributed by atoms with Crippen LogP contribution in [0.15, 0.2) is 0 Å². The summed E-state index contributed by atoms with van der Waals surface area (Å²) < 4.78 is 26.4. The lowest BCUT2D eigenvalue weighted by molar-refractivity contribution is -0.119. The second-order valence-electron chi connectivity index (χ2n) is 9.68. The maximum absolute atomic E-state index is 12.9. The van der Waals surface area contributed by atoms with Gasteiger partial charge in [-0.1, -0.05) is 18.3 Å². The van der Waals surface area contributed by atoms with E-state index in [4.69, 9.17) is 0 Å². The Labute approximate surface area is 176 Å². The van der Waals surface area contributed by atoms with E-state index in [9.17, 15) is 13.2 Å². The number of nitrogens with one attached hydrogen (secondary N) is 1. The van der Waals surface area contributed by atoms with Gasteiger partial charge in [0.15, 0.2) is 0 Å². The van der Waals surface area contributed by atoms with E-state index in [-0.39, 0.29) is 17.1 Å². The standard InChI is InChI=1S/C20H30N4O3S2/c1-2-6-29(26,27)24-5-3-4-16(24)17(25)21-19-23-22-18(28-19)20-10-13-7-14(11-20)9-15(8-13)12-20/h13-16H,2-12H2,1H3,(H,21,23,25)/t13?,14?,15?,16-,20?/m0/s1. The molecule has 1 amide bonds. The Balaban J connectivity index is 1.30. The molecule has 29 heavy (non-hydrogen) atoms. The molecule has 1 saturated heterocycles. The van der Waals surface area contributed by atoms with Gasteiger partial charge in [0, 0.05) is 12.0 Å². The molecule has 7 nitrogen and oxygen atoms in total. The Morgan fingerprint density at radius 2 is 1.83 bits per heavy atom. The van der Waals surface area contributed by atoms with E-state index in [2.05, 4.69) is 15.5 Å². The molecule has 5 fully saturated rings. The van der Waals surface area contributed by atoms with Crippen LogP contribution in [0, 0.1) is 17.8 Å². The predicted molar refractivity (Wildman–Crippen MR) is 112 cm³/mol. The minimum atomic E-state index is -3.38. The van der Waals surface area contributed by atoms with Crippen LogP contribution in [0.25, 0.3) is 0 Å². The molecule has 0 unspecified atom stereocenters. The van der Waals surface area contributed by atoms with Crippen LogP contribution >= 0.6 is 11.3 Å². The normalized spacial score (nSPS) is 36.6. The van der Waals surface area contributed by atoms with Crippen LogP contribution in [0.4, 0.5) is 5.13 Å². The van der Waals surface area contributed by atoms with Gasteiger partial charge < -0.3 is 0 Å². The van der Waals surface area contributed by atoms with Gasteiger partial charge in [0.05, 0.1) is 5.75 Å². The topological polar surface area (TPSA) is 92.3 Å². The first-order chi connectivity index (χ1) is 13.9. The van der Waals surface area contributed by atoms with Crippen LogP contribution in [0.5, 0.6) is 0 Å². The molecule has 4 saturated carbocycles. The van der Waals surface area contributed by atoms with E-state index >= 15 is 0 Å². The summed E-state index contributed by atoms with van der Waals surface area (Å²) in [7, 11) is -3.38. The Morgan fingerprint density at radius 3 is 2.45 bits per heavy atom. The van der Waals surface area contributed by atoms with Gasteiger partial charge in [0.25, 0.3) is 0 Å². The molecule has 6 rings (SSSR count). The fraction of sp³-hybridized carbons (Fsp3) is 0.850. The fourth-order valence-electron chi connectivity index (χ4n) is 6.76. The third-order valence-corrected chi connectivity index (χ3v) is 10.6. The monoisotopic (exact) mass is 438 g/mol. The number of rotatable bonds is 6. The zero-order chi connectivity index (χ0) is 20.2. The molecule has 1 aliphatic heterocycles. The molecule has 1 aromatic rings. The molecule has 2 heterocycles. The van der Waals surface area contributed by atoms with Crippen molar-refractivity contribution in [2.75, 3.05) is 17.6 Å². The molecule has 0 radical (unpaired) electrons. The number of carbonyl (C=O) groups excluding carboxylic acids is 1. The zero-order valence-electron chi connectivity index (χ0n) is 17.0. The quantitative estimate of drug-likeness (QED) is 0.737. The van der Waals surface area contributed by atoms with Crippen molar-refractivity contribution < 1.29 is 13.2 Å². The number of sulfonamides is 1. The summed E-state index contributed by atoms with van der Waals surface area (Å²) in [5, 5.41) is 13.3. The third kappa shape index (κ3) is 3.53. The summed E-state index contributed by atoms with van der Waals surface area (Å²) in [5.74, 6) is 2.32. The average molecular weight is 439 g/mol. The second-order valence-corrected chi connectivity index (χ2v) is 12.7. The van der Waals surface area contributed by atoms with Crippen molar-refractivity contribution in [2.45, 2.75) is 76.2 Å². The molecular formula is C20H30N4O3S2. The lowest BCUT2D eigenvalue weighted by atomic mass is 9.50. The van der Waals surface area contributed by atoms with Crippen molar-refractivity contribution in [1.82, 2.24) is 14.5 Å². The SMILES string of the molecule is CCCS(=O)(=O)N1CCC[C@H]1C(=O)Nc1nnc(C23CC4CC(CC(C4)C2)C3)s1. The van der Waals surface area contributed by atoms with Crippen molar-refractivity contribution in [3.05, 3.63) is 5.01 Å². The Bertz CT molecular complexity index is 862. The first-order valence-electron chi connectivity index (χ1n) is 11.0. The molecule has 5 aliphatic rings. The van der Waals surface area contributed by atoms with E-state index in [0.29, 0.717) is 24.5 Å². The van der Waals surface area contributed by atoms with Crippen LogP contribution in [-0.4, -0.2) is 47.2 Å². The number of aromatic nitrogens is 2. The minimum Gasteiger partial charge on any atom is -0.299 e. The summed E-state index contributed by atoms with van der Waals surface area (Å²) in [6, 6.07) is -0.626. The van der Waals surface area contributed by atoms with Crippen molar-refractivity contribution in [2.24, 2.45) is 17.8 Å². The largest absolute Gasteiger partial charge is 0.299 e. The molecule has 9 heteroatoms. The maximum atomic E-state index is 12.9. The van der Waals surface area contributed by atoms with Crippen LogP contribution < -0.4 is 5.32 Å². The van der Waals surface area contributed by atoms with Crippen LogP contribution in [0.3, 0.4) is 0 Å². The first kappa shape index (κ1) is 19.9. The van der Waals surface area contributed by atoms with Gasteiger partial charge in [-0.05, 0) is 75.5 Å². The van der Waals surface area contributed by atoms with Crippen LogP contribution in [-0.2, 0) is 20.2 Å². The molecule has 0 aromatic carbocycles. The summed E-state index contributed by atoms with van der Waals surface area (Å²) in [6.45, 7) is 2.27. The Morgan fingerprint density at radius 1 is 1.17 bits per heavy atom. The number of anilines is 1. The summed E-state index contributed by atoms with van der Waals surface area (Å²) in [4.78, 5) is 12.9. The fourth-order valence-corrected chi connectivity index (χ4v) is 9.47. The van der Waals surface area contributed by atoms with Crippen molar-refractivity contribution >= 4 is 32.4 Å². The number of carbonyl (C=O) groups is 1. The van der Waals surface area contributed by atoms with Gasteiger partial charge in [-0.25, -0.2) is 8.42 Å². The Kier molecular flexibility index (Phi) is 4.98. The van der Waals surface area contributed by atoms with Gasteiger partial charge in [0.2, 0.25) is 21.1 Å². The lowest BCUT2D eigenvalue weighted by Crippen LogP contribution is -2.48. The summed E-state index contributed by atoms with van der Waals surface area (Å²) in [6.07, 6.45) is 9.62. The van der Waals surface area contributed by atoms with Gasteiger partial charge in [-0.2, -0.15) is 4.31 Å². The molecule has 1 atom stereocenters. The van der Waals surface area contributed by atoms with Crippen LogP contribution in [0.2, 0.25) is 0 Å². The molecule has 160 valence electrons. The number of hydrogen-bond acceptors (Lipinski definition) is 6. The highest BCUT2D eigenvalue weighted by molar-refractivity contribution is 7.89. The second kappa shape index (κ2) is 7.27. The highest BCUT2D eigenvalue weighted by Gasteiger charge is 2.53. The van der Waals surface area contributed by atoms with E-state index < -0.39 is 16.1 Å². The summed E-state index contributed by atoms with van der Waals surface area (Å²) >= 11 is 1.51. The molecule has 1 aromatic heterocycles. The van der Waals surface area contributed by atoms with E-state index in [1.165, 1.54) is 54.2 Å². The number of nitrogens with zero attached hydrogens (tertiary/aromatic N) is 3. The van der Waals surface area contributed by atoms with E-state index in [1.54, 1.807) is 0 Å². The highest BCUT2D eigenvalue weighted by atomic mass is 32.2. The molecule has 4 bridgehead atoms. The lowest BCUT2D eigenvalue weighted by Gasteiger charge is -2.55. The zero-order valence-corrected chi connectivity index (χ0v) is 18.6. The summed E-state index contributed by atoms with van der Waals surface area (Å²) in [5.41, 5.74) is 0.166. The molecule has 4 aliphatic carbocycles. The predicted octanol–water partition coefficient (Wildman–Crippen LogP) is 3.15. The highest BCUT2D eigenvalue weighted by Crippen LogP contribution is 2.61. The van der Waals surface area contributed by atoms with Crippen molar-refractivity contribution in [3.63, 3.8) is 0 Å². The van der Waals surface area contributed by atoms with Crippen LogP contribution in [0.1, 0.15) is 69.7 Å². The maximum Gasteiger partial charge on any atom is 0.244 e. The molecule has 0 spiro atoms. The van der Waals surface area contributed by atoms with Gasteiger partial charge in [-0.15, -0.1) is 10.2 Å².